The maximum Gasteiger partial charge on any atom is 0.279 e. The summed E-state index contributed by atoms with van der Waals surface area (Å²) in [6.07, 6.45) is 4.40. The van der Waals surface area contributed by atoms with E-state index in [4.69, 9.17) is 0 Å². The van der Waals surface area contributed by atoms with Crippen molar-refractivity contribution < 1.29 is 13.2 Å². The van der Waals surface area contributed by atoms with Gasteiger partial charge in [-0.25, -0.2) is 0 Å². The molecule has 7 heteroatoms. The van der Waals surface area contributed by atoms with Gasteiger partial charge in [0.05, 0.1) is 0 Å². The van der Waals surface area contributed by atoms with Gasteiger partial charge in [-0.1, -0.05) is 26.0 Å². The van der Waals surface area contributed by atoms with Gasteiger partial charge in [0, 0.05) is 38.3 Å². The Morgan fingerprint density at radius 3 is 2.22 bits per heavy atom. The van der Waals surface area contributed by atoms with Gasteiger partial charge in [-0.3, -0.25) is 4.79 Å². The summed E-state index contributed by atoms with van der Waals surface area (Å²) < 4.78 is 29.4. The summed E-state index contributed by atoms with van der Waals surface area (Å²) in [6.45, 7) is 7.22. The summed E-state index contributed by atoms with van der Waals surface area (Å²) >= 11 is 0. The third kappa shape index (κ3) is 5.30. The van der Waals surface area contributed by atoms with E-state index in [0.29, 0.717) is 30.5 Å². The minimum atomic E-state index is -3.48. The van der Waals surface area contributed by atoms with Crippen molar-refractivity contribution in [2.45, 2.75) is 46.1 Å². The highest BCUT2D eigenvalue weighted by Gasteiger charge is 2.30. The van der Waals surface area contributed by atoms with Gasteiger partial charge in [0.15, 0.2) is 0 Å². The fourth-order valence-corrected chi connectivity index (χ4v) is 5.55. The van der Waals surface area contributed by atoms with Crippen molar-refractivity contribution in [1.82, 2.24) is 13.9 Å². The standard InChI is InChI=1S/C20H31N3O3S/c1-16-12-17(2)15-23(14-16)27(25,26)21-13-18-6-8-19(9-7-18)20(24)22-10-4-3-5-11-22/h6-9,16-17,21H,3-5,10-15H2,1-2H3. The molecule has 1 N–H and O–H groups in total. The van der Waals surface area contributed by atoms with Crippen molar-refractivity contribution in [2.24, 2.45) is 11.8 Å². The van der Waals surface area contributed by atoms with Crippen molar-refractivity contribution in [2.75, 3.05) is 26.2 Å². The summed E-state index contributed by atoms with van der Waals surface area (Å²) in [7, 11) is -3.48. The number of piperidine rings is 2. The molecule has 0 spiro atoms. The lowest BCUT2D eigenvalue weighted by Crippen LogP contribution is -2.47. The van der Waals surface area contributed by atoms with Crippen molar-refractivity contribution in [1.29, 1.82) is 0 Å². The molecule has 0 bridgehead atoms. The van der Waals surface area contributed by atoms with Crippen LogP contribution in [0.4, 0.5) is 0 Å². The Hall–Kier alpha value is -1.44. The number of carbonyl (C=O) groups excluding carboxylic acids is 1. The van der Waals surface area contributed by atoms with E-state index in [-0.39, 0.29) is 12.5 Å². The van der Waals surface area contributed by atoms with Crippen molar-refractivity contribution in [3.63, 3.8) is 0 Å². The van der Waals surface area contributed by atoms with Crippen LogP contribution in [0, 0.1) is 11.8 Å². The molecule has 2 saturated heterocycles. The van der Waals surface area contributed by atoms with E-state index in [1.165, 1.54) is 6.42 Å². The molecule has 2 aliphatic rings. The van der Waals surface area contributed by atoms with Crippen molar-refractivity contribution >= 4 is 16.1 Å². The lowest BCUT2D eigenvalue weighted by atomic mass is 9.94. The molecular weight excluding hydrogens is 362 g/mol. The van der Waals surface area contributed by atoms with Crippen LogP contribution >= 0.6 is 0 Å². The van der Waals surface area contributed by atoms with Crippen LogP contribution in [0.25, 0.3) is 0 Å². The van der Waals surface area contributed by atoms with Crippen LogP contribution in [-0.4, -0.2) is 49.7 Å². The van der Waals surface area contributed by atoms with E-state index in [9.17, 15) is 13.2 Å². The summed E-state index contributed by atoms with van der Waals surface area (Å²) in [5, 5.41) is 0. The van der Waals surface area contributed by atoms with E-state index in [1.807, 2.05) is 17.0 Å². The second-order valence-corrected chi connectivity index (χ2v) is 9.89. The molecule has 2 unspecified atom stereocenters. The Morgan fingerprint density at radius 1 is 1.04 bits per heavy atom. The van der Waals surface area contributed by atoms with E-state index in [1.54, 1.807) is 16.4 Å². The third-order valence-electron chi connectivity index (χ3n) is 5.48. The highest BCUT2D eigenvalue weighted by atomic mass is 32.2. The number of carbonyl (C=O) groups is 1. The van der Waals surface area contributed by atoms with E-state index in [0.717, 1.165) is 37.9 Å². The van der Waals surface area contributed by atoms with Crippen LogP contribution in [0.2, 0.25) is 0 Å². The average Bonchev–Trinajstić information content (AvgIpc) is 2.66. The highest BCUT2D eigenvalue weighted by Crippen LogP contribution is 2.22. The number of amides is 1. The van der Waals surface area contributed by atoms with Gasteiger partial charge in [-0.2, -0.15) is 17.4 Å². The molecule has 1 aromatic carbocycles. The Labute approximate surface area is 163 Å². The fourth-order valence-electron chi connectivity index (χ4n) is 4.11. The first kappa shape index (κ1) is 20.3. The molecular formula is C20H31N3O3S. The van der Waals surface area contributed by atoms with Crippen LogP contribution in [0.3, 0.4) is 0 Å². The quantitative estimate of drug-likeness (QED) is 0.836. The SMILES string of the molecule is CC1CC(C)CN(S(=O)(=O)NCc2ccc(C(=O)N3CCCCC3)cc2)C1. The molecule has 1 aromatic rings. The maximum atomic E-state index is 12.6. The Balaban J connectivity index is 1.57. The van der Waals surface area contributed by atoms with Crippen LogP contribution in [-0.2, 0) is 16.8 Å². The predicted molar refractivity (Wildman–Crippen MR) is 106 cm³/mol. The monoisotopic (exact) mass is 393 g/mol. The minimum absolute atomic E-state index is 0.0677. The molecule has 27 heavy (non-hydrogen) atoms. The van der Waals surface area contributed by atoms with Crippen molar-refractivity contribution in [3.8, 4) is 0 Å². The van der Waals surface area contributed by atoms with Gasteiger partial charge < -0.3 is 4.90 Å². The zero-order chi connectivity index (χ0) is 19.4. The fraction of sp³-hybridized carbons (Fsp3) is 0.650. The van der Waals surface area contributed by atoms with Gasteiger partial charge in [0.25, 0.3) is 16.1 Å². The lowest BCUT2D eigenvalue weighted by molar-refractivity contribution is 0.0724. The molecule has 0 radical (unpaired) electrons. The van der Waals surface area contributed by atoms with E-state index < -0.39 is 10.2 Å². The number of rotatable bonds is 5. The molecule has 3 rings (SSSR count). The third-order valence-corrected chi connectivity index (χ3v) is 6.97. The molecule has 6 nitrogen and oxygen atoms in total. The molecule has 0 aliphatic carbocycles. The Kier molecular flexibility index (Phi) is 6.55. The summed E-state index contributed by atoms with van der Waals surface area (Å²) in [4.78, 5) is 14.4. The average molecular weight is 394 g/mol. The largest absolute Gasteiger partial charge is 0.339 e. The van der Waals surface area contributed by atoms with E-state index >= 15 is 0 Å². The molecule has 2 heterocycles. The first-order valence-electron chi connectivity index (χ1n) is 9.98. The van der Waals surface area contributed by atoms with Crippen LogP contribution in [0.5, 0.6) is 0 Å². The van der Waals surface area contributed by atoms with Gasteiger partial charge in [0.1, 0.15) is 0 Å². The molecule has 2 atom stereocenters. The molecule has 2 fully saturated rings. The normalized spacial score (nSPS) is 24.7. The topological polar surface area (TPSA) is 69.7 Å². The Bertz CT molecular complexity index is 732. The number of benzene rings is 1. The number of nitrogens with zero attached hydrogens (tertiary/aromatic N) is 2. The minimum Gasteiger partial charge on any atom is -0.339 e. The first-order chi connectivity index (χ1) is 12.8. The number of hydrogen-bond acceptors (Lipinski definition) is 3. The number of hydrogen-bond donors (Lipinski definition) is 1. The van der Waals surface area contributed by atoms with Crippen molar-refractivity contribution in [3.05, 3.63) is 35.4 Å². The zero-order valence-corrected chi connectivity index (χ0v) is 17.2. The molecule has 0 aromatic heterocycles. The molecule has 0 saturated carbocycles. The van der Waals surface area contributed by atoms with Gasteiger partial charge >= 0.3 is 0 Å². The smallest absolute Gasteiger partial charge is 0.279 e. The summed E-state index contributed by atoms with van der Waals surface area (Å²) in [5.41, 5.74) is 1.52. The maximum absolute atomic E-state index is 12.6. The number of nitrogens with one attached hydrogen (secondary N) is 1. The predicted octanol–water partition coefficient (Wildman–Crippen LogP) is 2.62. The molecule has 2 aliphatic heterocycles. The lowest BCUT2D eigenvalue weighted by Gasteiger charge is -2.33. The van der Waals surface area contributed by atoms with Crippen LogP contribution in [0.15, 0.2) is 24.3 Å². The molecule has 150 valence electrons. The van der Waals surface area contributed by atoms with Crippen LogP contribution < -0.4 is 4.72 Å². The zero-order valence-electron chi connectivity index (χ0n) is 16.4. The van der Waals surface area contributed by atoms with Crippen LogP contribution in [0.1, 0.15) is 55.5 Å². The second-order valence-electron chi connectivity index (χ2n) is 8.14. The van der Waals surface area contributed by atoms with Gasteiger partial charge in [-0.05, 0) is 55.2 Å². The molecule has 1 amide bonds. The first-order valence-corrected chi connectivity index (χ1v) is 11.4. The van der Waals surface area contributed by atoms with Gasteiger partial charge in [-0.15, -0.1) is 0 Å². The Morgan fingerprint density at radius 2 is 1.63 bits per heavy atom. The second kappa shape index (κ2) is 8.71. The van der Waals surface area contributed by atoms with E-state index in [2.05, 4.69) is 18.6 Å². The highest BCUT2D eigenvalue weighted by molar-refractivity contribution is 7.87. The summed E-state index contributed by atoms with van der Waals surface area (Å²) in [6, 6.07) is 7.26. The summed E-state index contributed by atoms with van der Waals surface area (Å²) in [5.74, 6) is 0.828. The van der Waals surface area contributed by atoms with Gasteiger partial charge in [0.2, 0.25) is 0 Å². The number of likely N-dealkylation sites (tertiary alicyclic amines) is 1.